The van der Waals surface area contributed by atoms with E-state index in [0.29, 0.717) is 19.1 Å². The number of nitrogens with one attached hydrogen (secondary N) is 1. The Morgan fingerprint density at radius 1 is 1.56 bits per heavy atom. The highest BCUT2D eigenvalue weighted by molar-refractivity contribution is 5.64. The van der Waals surface area contributed by atoms with E-state index < -0.39 is 6.09 Å². The van der Waals surface area contributed by atoms with Gasteiger partial charge in [-0.25, -0.2) is 4.79 Å². The van der Waals surface area contributed by atoms with Crippen LogP contribution in [0.2, 0.25) is 0 Å². The third-order valence-corrected chi connectivity index (χ3v) is 2.81. The highest BCUT2D eigenvalue weighted by atomic mass is 16.5. The van der Waals surface area contributed by atoms with Gasteiger partial charge in [-0.3, -0.25) is 4.68 Å². The summed E-state index contributed by atoms with van der Waals surface area (Å²) in [5.41, 5.74) is 5.84. The number of nitrogens with two attached hydrogens (primary N) is 1. The van der Waals surface area contributed by atoms with Gasteiger partial charge in [-0.15, -0.1) is 0 Å². The van der Waals surface area contributed by atoms with Crippen molar-refractivity contribution < 1.29 is 9.53 Å². The first-order chi connectivity index (χ1) is 8.67. The quantitative estimate of drug-likeness (QED) is 0.687. The number of carbonyl (C=O) groups is 1. The van der Waals surface area contributed by atoms with Gasteiger partial charge in [0.2, 0.25) is 0 Å². The van der Waals surface area contributed by atoms with Crippen molar-refractivity contribution in [3.63, 3.8) is 0 Å². The fourth-order valence-corrected chi connectivity index (χ4v) is 1.78. The zero-order valence-electron chi connectivity index (χ0n) is 11.1. The summed E-state index contributed by atoms with van der Waals surface area (Å²) < 4.78 is 6.62. The summed E-state index contributed by atoms with van der Waals surface area (Å²) in [7, 11) is 0. The Hall–Kier alpha value is -1.56. The van der Waals surface area contributed by atoms with Crippen molar-refractivity contribution in [3.05, 3.63) is 18.0 Å². The summed E-state index contributed by atoms with van der Waals surface area (Å²) in [6.07, 6.45) is 3.43. The fourth-order valence-electron chi connectivity index (χ4n) is 1.78. The van der Waals surface area contributed by atoms with E-state index in [0.717, 1.165) is 18.5 Å². The summed E-state index contributed by atoms with van der Waals surface area (Å²) in [6.45, 7) is 5.84. The van der Waals surface area contributed by atoms with E-state index in [4.69, 9.17) is 5.73 Å². The molecule has 0 bridgehead atoms. The summed E-state index contributed by atoms with van der Waals surface area (Å²) >= 11 is 0. The number of ether oxygens (including phenoxy) is 1. The lowest BCUT2D eigenvalue weighted by Crippen LogP contribution is -2.23. The van der Waals surface area contributed by atoms with Gasteiger partial charge in [-0.05, 0) is 18.9 Å². The van der Waals surface area contributed by atoms with E-state index in [-0.39, 0.29) is 6.61 Å². The van der Waals surface area contributed by atoms with E-state index in [1.165, 1.54) is 0 Å². The molecule has 0 aromatic carbocycles. The molecule has 6 heteroatoms. The molecule has 0 aliphatic heterocycles. The van der Waals surface area contributed by atoms with Crippen LogP contribution < -0.4 is 11.1 Å². The molecule has 102 valence electrons. The molecular weight excluding hydrogens is 232 g/mol. The maximum Gasteiger partial charge on any atom is 0.404 e. The van der Waals surface area contributed by atoms with Gasteiger partial charge in [-0.1, -0.05) is 13.8 Å². The number of primary amides is 1. The van der Waals surface area contributed by atoms with Crippen LogP contribution in [-0.4, -0.2) is 29.0 Å². The molecule has 0 unspecified atom stereocenters. The molecule has 18 heavy (non-hydrogen) atoms. The summed E-state index contributed by atoms with van der Waals surface area (Å²) in [6, 6.07) is 2.47. The monoisotopic (exact) mass is 254 g/mol. The summed E-state index contributed by atoms with van der Waals surface area (Å²) in [5.74, 6) is 0. The predicted octanol–water partition coefficient (Wildman–Crippen LogP) is 1.43. The highest BCUT2D eigenvalue weighted by Crippen LogP contribution is 2.14. The van der Waals surface area contributed by atoms with Crippen molar-refractivity contribution in [2.24, 2.45) is 5.73 Å². The molecule has 0 aliphatic carbocycles. The SMILES string of the molecule is CCC(CC)n1ccc(CNCCOC(N)=O)n1. The standard InChI is InChI=1S/C12H22N4O2/c1-3-11(4-2)16-7-5-10(15-16)9-14-6-8-18-12(13)17/h5,7,11,14H,3-4,6,8-9H2,1-2H3,(H2,13,17). The smallest absolute Gasteiger partial charge is 0.404 e. The first-order valence-corrected chi connectivity index (χ1v) is 6.34. The number of amides is 1. The van der Waals surface area contributed by atoms with E-state index in [1.54, 1.807) is 0 Å². The molecule has 1 aromatic rings. The normalized spacial score (nSPS) is 10.8. The lowest BCUT2D eigenvalue weighted by atomic mass is 10.2. The minimum atomic E-state index is -0.741. The molecule has 0 spiro atoms. The van der Waals surface area contributed by atoms with E-state index in [2.05, 4.69) is 29.0 Å². The van der Waals surface area contributed by atoms with Gasteiger partial charge in [0, 0.05) is 19.3 Å². The molecule has 1 aromatic heterocycles. The van der Waals surface area contributed by atoms with Crippen molar-refractivity contribution in [1.82, 2.24) is 15.1 Å². The Morgan fingerprint density at radius 3 is 2.89 bits per heavy atom. The van der Waals surface area contributed by atoms with E-state index >= 15 is 0 Å². The first-order valence-electron chi connectivity index (χ1n) is 6.34. The van der Waals surface area contributed by atoms with E-state index in [1.807, 2.05) is 16.9 Å². The molecule has 0 saturated heterocycles. The number of carbonyl (C=O) groups excluding carboxylic acids is 1. The Kier molecular flexibility index (Phi) is 6.21. The molecule has 0 atom stereocenters. The van der Waals surface area contributed by atoms with Crippen molar-refractivity contribution in [2.75, 3.05) is 13.2 Å². The van der Waals surface area contributed by atoms with Crippen molar-refractivity contribution >= 4 is 6.09 Å². The molecule has 1 amide bonds. The molecule has 0 saturated carbocycles. The van der Waals surface area contributed by atoms with Crippen LogP contribution in [-0.2, 0) is 11.3 Å². The molecule has 0 radical (unpaired) electrons. The largest absolute Gasteiger partial charge is 0.448 e. The average Bonchev–Trinajstić information content (AvgIpc) is 2.79. The van der Waals surface area contributed by atoms with Gasteiger partial charge in [0.05, 0.1) is 11.7 Å². The molecular formula is C12H22N4O2. The molecule has 0 fully saturated rings. The Labute approximate surface area is 107 Å². The second kappa shape index (κ2) is 7.71. The molecule has 0 aliphatic rings. The van der Waals surface area contributed by atoms with Crippen molar-refractivity contribution in [2.45, 2.75) is 39.3 Å². The molecule has 6 nitrogen and oxygen atoms in total. The Bertz CT molecular complexity index is 361. The molecule has 1 rings (SSSR count). The number of hydrogen-bond acceptors (Lipinski definition) is 4. The topological polar surface area (TPSA) is 82.2 Å². The van der Waals surface area contributed by atoms with Gasteiger partial charge in [0.15, 0.2) is 0 Å². The minimum absolute atomic E-state index is 0.280. The number of aromatic nitrogens is 2. The van der Waals surface area contributed by atoms with Crippen LogP contribution in [0.3, 0.4) is 0 Å². The Morgan fingerprint density at radius 2 is 2.28 bits per heavy atom. The van der Waals surface area contributed by atoms with Crippen LogP contribution in [0.5, 0.6) is 0 Å². The van der Waals surface area contributed by atoms with Gasteiger partial charge in [0.25, 0.3) is 0 Å². The maximum atomic E-state index is 10.3. The van der Waals surface area contributed by atoms with Gasteiger partial charge >= 0.3 is 6.09 Å². The van der Waals surface area contributed by atoms with Gasteiger partial charge in [0.1, 0.15) is 6.61 Å². The zero-order chi connectivity index (χ0) is 13.4. The Balaban J connectivity index is 2.29. The van der Waals surface area contributed by atoms with Crippen LogP contribution in [0, 0.1) is 0 Å². The van der Waals surface area contributed by atoms with Crippen LogP contribution in [0.15, 0.2) is 12.3 Å². The van der Waals surface area contributed by atoms with Crippen LogP contribution in [0.1, 0.15) is 38.4 Å². The van der Waals surface area contributed by atoms with E-state index in [9.17, 15) is 4.79 Å². The molecule has 3 N–H and O–H groups in total. The predicted molar refractivity (Wildman–Crippen MR) is 69.1 cm³/mol. The van der Waals surface area contributed by atoms with Crippen LogP contribution in [0.25, 0.3) is 0 Å². The zero-order valence-corrected chi connectivity index (χ0v) is 11.1. The summed E-state index contributed by atoms with van der Waals surface area (Å²) in [4.78, 5) is 10.3. The lowest BCUT2D eigenvalue weighted by molar-refractivity contribution is 0.157. The second-order valence-electron chi connectivity index (χ2n) is 4.10. The number of hydrogen-bond donors (Lipinski definition) is 2. The second-order valence-corrected chi connectivity index (χ2v) is 4.10. The van der Waals surface area contributed by atoms with Crippen molar-refractivity contribution in [1.29, 1.82) is 0 Å². The first kappa shape index (κ1) is 14.5. The molecule has 1 heterocycles. The number of nitrogens with zero attached hydrogens (tertiary/aromatic N) is 2. The minimum Gasteiger partial charge on any atom is -0.448 e. The highest BCUT2D eigenvalue weighted by Gasteiger charge is 2.07. The van der Waals surface area contributed by atoms with Crippen LogP contribution >= 0.6 is 0 Å². The summed E-state index contributed by atoms with van der Waals surface area (Å²) in [5, 5.41) is 7.64. The van der Waals surface area contributed by atoms with Gasteiger partial charge < -0.3 is 15.8 Å². The fraction of sp³-hybridized carbons (Fsp3) is 0.667. The van der Waals surface area contributed by atoms with Crippen molar-refractivity contribution in [3.8, 4) is 0 Å². The lowest BCUT2D eigenvalue weighted by Gasteiger charge is -2.12. The van der Waals surface area contributed by atoms with Gasteiger partial charge in [-0.2, -0.15) is 5.10 Å². The average molecular weight is 254 g/mol. The number of rotatable bonds is 8. The van der Waals surface area contributed by atoms with Crippen LogP contribution in [0.4, 0.5) is 4.79 Å². The third kappa shape index (κ3) is 4.75. The third-order valence-electron chi connectivity index (χ3n) is 2.81. The maximum absolute atomic E-state index is 10.3.